The van der Waals surface area contributed by atoms with Gasteiger partial charge in [-0.3, -0.25) is 9.97 Å². The van der Waals surface area contributed by atoms with Crippen LogP contribution in [0.5, 0.6) is 0 Å². The van der Waals surface area contributed by atoms with E-state index in [1.165, 1.54) is 0 Å². The molecule has 0 aromatic carbocycles. The van der Waals surface area contributed by atoms with Crippen LogP contribution in [0.25, 0.3) is 0 Å². The van der Waals surface area contributed by atoms with Gasteiger partial charge in [-0.05, 0) is 36.1 Å². The monoisotopic (exact) mass is 380 g/mol. The summed E-state index contributed by atoms with van der Waals surface area (Å²) in [6.07, 6.45) is 7.00. The molecule has 0 aliphatic carbocycles. The first-order valence-corrected chi connectivity index (χ1v) is 9.56. The fourth-order valence-corrected chi connectivity index (χ4v) is 0.743. The van der Waals surface area contributed by atoms with Crippen molar-refractivity contribution in [2.45, 2.75) is 55.4 Å². The molecule has 158 valence electrons. The highest BCUT2D eigenvalue weighted by Gasteiger charge is 1.68. The Morgan fingerprint density at radius 1 is 0.556 bits per heavy atom. The van der Waals surface area contributed by atoms with Crippen molar-refractivity contribution in [2.75, 3.05) is 21.0 Å². The van der Waals surface area contributed by atoms with Crippen LogP contribution in [0.4, 0.5) is 0 Å². The Bertz CT molecular complexity index is 297. The predicted molar refractivity (Wildman–Crippen MR) is 120 cm³/mol. The van der Waals surface area contributed by atoms with Gasteiger partial charge in [0.2, 0.25) is 0 Å². The summed E-state index contributed by atoms with van der Waals surface area (Å²) >= 11 is 0. The molecular weight excluding hydrogens is 336 g/mol. The molecule has 0 fully saturated rings. The van der Waals surface area contributed by atoms with Crippen molar-refractivity contribution in [1.29, 1.82) is 0 Å². The quantitative estimate of drug-likeness (QED) is 0.540. The lowest BCUT2D eigenvalue weighted by atomic mass is 10.3. The van der Waals surface area contributed by atoms with Gasteiger partial charge in [-0.1, -0.05) is 67.5 Å². The van der Waals surface area contributed by atoms with E-state index >= 15 is 0 Å². The van der Waals surface area contributed by atoms with E-state index in [9.17, 15) is 0 Å². The molecule has 0 aliphatic rings. The Morgan fingerprint density at radius 3 is 0.815 bits per heavy atom. The molecule has 2 aromatic rings. The molecule has 0 saturated heterocycles. The van der Waals surface area contributed by atoms with Crippen molar-refractivity contribution in [2.24, 2.45) is 11.8 Å². The fraction of sp³-hybridized carbons (Fsp3) is 0.565. The predicted octanol–water partition coefficient (Wildman–Crippen LogP) is 6.75. The summed E-state index contributed by atoms with van der Waals surface area (Å²) in [4.78, 5) is 7.57. The van der Waals surface area contributed by atoms with E-state index in [-0.39, 0.29) is 0 Å². The summed E-state index contributed by atoms with van der Waals surface area (Å²) in [5.41, 5.74) is 0. The molecule has 2 rings (SSSR count). The standard InChI is InChI=1S/2C5H5N.2C4H10.C3H8O2.C2H6/c2*1-2-4-6-5-3-1;2*1-4(2)3;1-4-3-5-2;1-2/h2*1-5H;2*4H,1-3H3;3H2,1-2H3;1-2H3. The van der Waals surface area contributed by atoms with E-state index in [4.69, 9.17) is 0 Å². The van der Waals surface area contributed by atoms with Crippen LogP contribution < -0.4 is 0 Å². The second-order valence-corrected chi connectivity index (χ2v) is 6.21. The zero-order valence-corrected chi connectivity index (χ0v) is 19.3. The summed E-state index contributed by atoms with van der Waals surface area (Å²) in [5, 5.41) is 0. The lowest BCUT2D eigenvalue weighted by Crippen LogP contribution is -1.87. The Morgan fingerprint density at radius 2 is 0.778 bits per heavy atom. The van der Waals surface area contributed by atoms with Gasteiger partial charge in [0, 0.05) is 39.0 Å². The van der Waals surface area contributed by atoms with Gasteiger partial charge in [-0.2, -0.15) is 0 Å². The third-order valence-electron chi connectivity index (χ3n) is 1.37. The molecule has 0 N–H and O–H groups in total. The van der Waals surface area contributed by atoms with Gasteiger partial charge in [0.25, 0.3) is 0 Å². The number of pyridine rings is 2. The molecule has 0 bridgehead atoms. The molecule has 0 radical (unpaired) electrons. The average Bonchev–Trinajstić information content (AvgIpc) is 2.67. The maximum atomic E-state index is 4.47. The van der Waals surface area contributed by atoms with Gasteiger partial charge in [-0.15, -0.1) is 0 Å². The van der Waals surface area contributed by atoms with Crippen molar-refractivity contribution in [3.63, 3.8) is 0 Å². The minimum Gasteiger partial charge on any atom is -0.359 e. The Kier molecular flexibility index (Phi) is 43.0. The van der Waals surface area contributed by atoms with Crippen LogP contribution >= 0.6 is 0 Å². The van der Waals surface area contributed by atoms with Gasteiger partial charge in [0.05, 0.1) is 0 Å². The van der Waals surface area contributed by atoms with E-state index in [1.807, 2.05) is 50.2 Å². The van der Waals surface area contributed by atoms with Crippen molar-refractivity contribution >= 4 is 0 Å². The lowest BCUT2D eigenvalue weighted by molar-refractivity contribution is -0.00271. The second-order valence-electron chi connectivity index (χ2n) is 6.21. The smallest absolute Gasteiger partial charge is 0.145 e. The molecule has 2 aromatic heterocycles. The molecule has 0 atom stereocenters. The minimum absolute atomic E-state index is 0.389. The second kappa shape index (κ2) is 35.4. The summed E-state index contributed by atoms with van der Waals surface area (Å²) in [7, 11) is 3.17. The summed E-state index contributed by atoms with van der Waals surface area (Å²) < 4.78 is 8.94. The number of methoxy groups -OCH3 is 2. The number of hydrogen-bond donors (Lipinski definition) is 0. The average molecular weight is 381 g/mol. The molecule has 0 spiro atoms. The Labute approximate surface area is 169 Å². The summed E-state index contributed by atoms with van der Waals surface area (Å²) in [6.45, 7) is 17.4. The van der Waals surface area contributed by atoms with Crippen LogP contribution in [-0.2, 0) is 9.47 Å². The van der Waals surface area contributed by atoms with Gasteiger partial charge in [0.15, 0.2) is 0 Å². The van der Waals surface area contributed by atoms with Crippen LogP contribution in [-0.4, -0.2) is 31.0 Å². The van der Waals surface area contributed by atoms with Crippen LogP contribution in [0, 0.1) is 11.8 Å². The Hall–Kier alpha value is -1.78. The zero-order valence-electron chi connectivity index (χ0n) is 19.3. The van der Waals surface area contributed by atoms with Crippen LogP contribution in [0.2, 0.25) is 0 Å². The largest absolute Gasteiger partial charge is 0.359 e. The fourth-order valence-electron chi connectivity index (χ4n) is 0.743. The lowest BCUT2D eigenvalue weighted by Gasteiger charge is -1.87. The van der Waals surface area contributed by atoms with Gasteiger partial charge < -0.3 is 9.47 Å². The normalized spacial score (nSPS) is 8.00. The number of rotatable bonds is 2. The molecule has 27 heavy (non-hydrogen) atoms. The highest BCUT2D eigenvalue weighted by molar-refractivity contribution is 4.88. The SMILES string of the molecule is CC.CC(C)C.CC(C)C.COCOC.c1ccncc1.c1ccncc1. The van der Waals surface area contributed by atoms with Crippen LogP contribution in [0.3, 0.4) is 0 Å². The van der Waals surface area contributed by atoms with Crippen molar-refractivity contribution < 1.29 is 9.47 Å². The van der Waals surface area contributed by atoms with E-state index in [2.05, 4.69) is 61.0 Å². The molecule has 0 aliphatic heterocycles. The number of hydrogen-bond acceptors (Lipinski definition) is 4. The number of nitrogens with zero attached hydrogens (tertiary/aromatic N) is 2. The van der Waals surface area contributed by atoms with Gasteiger partial charge in [0.1, 0.15) is 6.79 Å². The van der Waals surface area contributed by atoms with Crippen LogP contribution in [0.1, 0.15) is 55.4 Å². The molecule has 4 heteroatoms. The minimum atomic E-state index is 0.389. The van der Waals surface area contributed by atoms with Crippen molar-refractivity contribution in [3.8, 4) is 0 Å². The third kappa shape index (κ3) is 80.1. The summed E-state index contributed by atoms with van der Waals surface area (Å²) in [6, 6.07) is 11.4. The number of ether oxygens (including phenoxy) is 2. The molecule has 0 amide bonds. The maximum absolute atomic E-state index is 4.47. The maximum Gasteiger partial charge on any atom is 0.145 e. The number of aromatic nitrogens is 2. The summed E-state index contributed by atoms with van der Waals surface area (Å²) in [5.74, 6) is 1.67. The first-order chi connectivity index (χ1) is 12.9. The van der Waals surface area contributed by atoms with E-state index in [0.29, 0.717) is 6.79 Å². The molecule has 0 unspecified atom stereocenters. The molecular formula is C23H44N2O2. The first kappa shape index (κ1) is 32.9. The molecule has 2 heterocycles. The van der Waals surface area contributed by atoms with E-state index in [0.717, 1.165) is 11.8 Å². The zero-order chi connectivity index (χ0) is 21.8. The molecule has 0 saturated carbocycles. The van der Waals surface area contributed by atoms with E-state index < -0.39 is 0 Å². The highest BCUT2D eigenvalue weighted by atomic mass is 16.6. The Balaban J connectivity index is -0.000000121. The van der Waals surface area contributed by atoms with Crippen LogP contribution in [0.15, 0.2) is 61.2 Å². The van der Waals surface area contributed by atoms with E-state index in [1.54, 1.807) is 39.0 Å². The van der Waals surface area contributed by atoms with Crippen molar-refractivity contribution in [3.05, 3.63) is 61.2 Å². The van der Waals surface area contributed by atoms with Gasteiger partial charge >= 0.3 is 0 Å². The third-order valence-corrected chi connectivity index (χ3v) is 1.37. The topological polar surface area (TPSA) is 44.2 Å². The highest BCUT2D eigenvalue weighted by Crippen LogP contribution is 1.81. The first-order valence-electron chi connectivity index (χ1n) is 9.56. The van der Waals surface area contributed by atoms with Crippen molar-refractivity contribution in [1.82, 2.24) is 9.97 Å². The molecule has 4 nitrogen and oxygen atoms in total. The van der Waals surface area contributed by atoms with Gasteiger partial charge in [-0.25, -0.2) is 0 Å².